The summed E-state index contributed by atoms with van der Waals surface area (Å²) in [6, 6.07) is 23.2. The Bertz CT molecular complexity index is 1540. The molecular weight excluding hydrogens is 436 g/mol. The van der Waals surface area contributed by atoms with Crippen molar-refractivity contribution in [3.63, 3.8) is 0 Å². The molecule has 1 atom stereocenters. The average molecular weight is 459 g/mol. The maximum atomic E-state index is 9.41. The van der Waals surface area contributed by atoms with E-state index in [1.54, 1.807) is 13.2 Å². The molecule has 2 heterocycles. The summed E-state index contributed by atoms with van der Waals surface area (Å²) in [5.41, 5.74) is 6.73. The molecule has 0 saturated heterocycles. The third kappa shape index (κ3) is 4.18. The highest BCUT2D eigenvalue weighted by molar-refractivity contribution is 6.20. The van der Waals surface area contributed by atoms with Crippen molar-refractivity contribution < 1.29 is 9.47 Å². The van der Waals surface area contributed by atoms with E-state index in [0.717, 1.165) is 45.3 Å². The molecule has 1 aliphatic rings. The summed E-state index contributed by atoms with van der Waals surface area (Å²) < 4.78 is 11.8. The smallest absolute Gasteiger partial charge is 0.162 e. The minimum absolute atomic E-state index is 0.115. The molecule has 0 spiro atoms. The van der Waals surface area contributed by atoms with Crippen molar-refractivity contribution in [1.29, 1.82) is 10.5 Å². The van der Waals surface area contributed by atoms with E-state index in [1.165, 1.54) is 0 Å². The van der Waals surface area contributed by atoms with Gasteiger partial charge < -0.3 is 9.47 Å². The van der Waals surface area contributed by atoms with Crippen molar-refractivity contribution in [3.05, 3.63) is 100 Å². The minimum Gasteiger partial charge on any atom is -0.493 e. The van der Waals surface area contributed by atoms with Crippen LogP contribution in [0, 0.1) is 22.7 Å². The molecule has 5 rings (SSSR count). The molecule has 0 fully saturated rings. The molecule has 6 nitrogen and oxygen atoms in total. The molecular formula is C29H22N4O2. The van der Waals surface area contributed by atoms with E-state index >= 15 is 0 Å². The lowest BCUT2D eigenvalue weighted by Gasteiger charge is -2.23. The summed E-state index contributed by atoms with van der Waals surface area (Å²) in [6.07, 6.45) is 2.70. The van der Waals surface area contributed by atoms with Gasteiger partial charge in [-0.2, -0.15) is 10.5 Å². The van der Waals surface area contributed by atoms with Gasteiger partial charge in [0.2, 0.25) is 0 Å². The predicted octanol–water partition coefficient (Wildman–Crippen LogP) is 5.35. The van der Waals surface area contributed by atoms with E-state index in [-0.39, 0.29) is 12.6 Å². The van der Waals surface area contributed by atoms with Gasteiger partial charge in [0.15, 0.2) is 11.5 Å². The Morgan fingerprint density at radius 2 is 1.80 bits per heavy atom. The molecule has 1 unspecified atom stereocenters. The first kappa shape index (κ1) is 22.1. The maximum absolute atomic E-state index is 9.41. The lowest BCUT2D eigenvalue weighted by molar-refractivity contribution is 0.285. The Morgan fingerprint density at radius 1 is 1.00 bits per heavy atom. The zero-order valence-corrected chi connectivity index (χ0v) is 19.4. The zero-order chi connectivity index (χ0) is 24.4. The van der Waals surface area contributed by atoms with Gasteiger partial charge in [-0.1, -0.05) is 30.3 Å². The summed E-state index contributed by atoms with van der Waals surface area (Å²) in [7, 11) is 1.60. The van der Waals surface area contributed by atoms with Crippen molar-refractivity contribution in [2.45, 2.75) is 26.0 Å². The number of aromatic nitrogens is 1. The van der Waals surface area contributed by atoms with E-state index in [1.807, 2.05) is 60.8 Å². The predicted molar refractivity (Wildman–Crippen MR) is 134 cm³/mol. The number of rotatable bonds is 5. The van der Waals surface area contributed by atoms with E-state index in [9.17, 15) is 10.5 Å². The molecule has 35 heavy (non-hydrogen) atoms. The molecule has 0 amide bonds. The number of nitrogens with zero attached hydrogens (tertiary/aromatic N) is 4. The Hall–Kier alpha value is -4.68. The van der Waals surface area contributed by atoms with Crippen LogP contribution in [0.5, 0.6) is 11.5 Å². The normalized spacial score (nSPS) is 14.4. The molecule has 0 saturated carbocycles. The first-order valence-corrected chi connectivity index (χ1v) is 11.3. The Balaban J connectivity index is 1.62. The number of hydrogen-bond donors (Lipinski definition) is 0. The molecule has 3 aromatic carbocycles. The molecule has 170 valence electrons. The Morgan fingerprint density at radius 3 is 2.54 bits per heavy atom. The van der Waals surface area contributed by atoms with Crippen LogP contribution in [0.1, 0.15) is 40.3 Å². The molecule has 6 heteroatoms. The maximum Gasteiger partial charge on any atom is 0.162 e. The number of benzene rings is 3. The number of fused-ring (bicyclic) bond motifs is 3. The largest absolute Gasteiger partial charge is 0.493 e. The second kappa shape index (κ2) is 9.29. The Labute approximate surface area is 203 Å². The first-order valence-electron chi connectivity index (χ1n) is 11.3. The number of hydrogen-bond acceptors (Lipinski definition) is 6. The van der Waals surface area contributed by atoms with Crippen molar-refractivity contribution in [1.82, 2.24) is 4.98 Å². The van der Waals surface area contributed by atoms with Gasteiger partial charge >= 0.3 is 0 Å². The summed E-state index contributed by atoms with van der Waals surface area (Å²) in [4.78, 5) is 9.69. The second-order valence-electron chi connectivity index (χ2n) is 8.46. The van der Waals surface area contributed by atoms with Crippen LogP contribution in [0.4, 0.5) is 0 Å². The molecule has 4 aromatic rings. The highest BCUT2D eigenvalue weighted by Gasteiger charge is 2.24. The highest BCUT2D eigenvalue weighted by atomic mass is 16.5. The fourth-order valence-corrected chi connectivity index (χ4v) is 4.43. The van der Waals surface area contributed by atoms with Gasteiger partial charge in [0.25, 0.3) is 0 Å². The summed E-state index contributed by atoms with van der Waals surface area (Å²) in [6.45, 7) is 2.33. The lowest BCUT2D eigenvalue weighted by Crippen LogP contribution is -2.20. The third-order valence-corrected chi connectivity index (χ3v) is 6.14. The third-order valence-electron chi connectivity index (χ3n) is 6.14. The topological polar surface area (TPSA) is 91.3 Å². The fourth-order valence-electron chi connectivity index (χ4n) is 4.43. The highest BCUT2D eigenvalue weighted by Crippen LogP contribution is 2.37. The lowest BCUT2D eigenvalue weighted by atomic mass is 9.88. The number of nitriles is 2. The van der Waals surface area contributed by atoms with Crippen LogP contribution in [0.15, 0.2) is 71.9 Å². The van der Waals surface area contributed by atoms with Gasteiger partial charge in [-0.25, -0.2) is 0 Å². The molecule has 0 bridgehead atoms. The van der Waals surface area contributed by atoms with Crippen LogP contribution in [0.2, 0.25) is 0 Å². The standard InChI is InChI=1S/C29H22N4O2/c1-18-11-23-16-32-25-13-26(34-2)27(35-17-22-6-4-3-5-21(22)15-31)12-24(25)28(23)29(33-18)20-9-7-19(14-30)8-10-20/h3-10,12-13,16,18H,11,17H2,1-2H3. The van der Waals surface area contributed by atoms with Crippen LogP contribution in [-0.2, 0) is 13.0 Å². The fraction of sp³-hybridized carbons (Fsp3) is 0.172. The van der Waals surface area contributed by atoms with Gasteiger partial charge in [-0.05, 0) is 43.2 Å². The van der Waals surface area contributed by atoms with Gasteiger partial charge in [0.1, 0.15) is 6.61 Å². The Kier molecular flexibility index (Phi) is 5.87. The van der Waals surface area contributed by atoms with E-state index in [0.29, 0.717) is 22.6 Å². The molecule has 0 N–H and O–H groups in total. The van der Waals surface area contributed by atoms with E-state index in [2.05, 4.69) is 19.1 Å². The van der Waals surface area contributed by atoms with Crippen LogP contribution in [0.25, 0.3) is 10.9 Å². The van der Waals surface area contributed by atoms with Gasteiger partial charge in [-0.3, -0.25) is 9.98 Å². The SMILES string of the molecule is COc1cc2ncc3c(c2cc1OCc1ccccc1C#N)C(c1ccc(C#N)cc1)=NC(C)C3. The zero-order valence-electron chi connectivity index (χ0n) is 19.4. The number of methoxy groups -OCH3 is 1. The molecule has 0 radical (unpaired) electrons. The van der Waals surface area contributed by atoms with Crippen LogP contribution < -0.4 is 9.47 Å². The first-order chi connectivity index (χ1) is 17.1. The second-order valence-corrected chi connectivity index (χ2v) is 8.46. The number of aliphatic imine (C=N–C) groups is 1. The van der Waals surface area contributed by atoms with Crippen LogP contribution >= 0.6 is 0 Å². The van der Waals surface area contributed by atoms with Gasteiger partial charge in [0.05, 0.1) is 47.6 Å². The van der Waals surface area contributed by atoms with Crippen molar-refractivity contribution >= 4 is 16.6 Å². The molecule has 0 aliphatic carbocycles. The van der Waals surface area contributed by atoms with Gasteiger partial charge in [-0.15, -0.1) is 0 Å². The van der Waals surface area contributed by atoms with Crippen LogP contribution in [0.3, 0.4) is 0 Å². The van der Waals surface area contributed by atoms with Crippen molar-refractivity contribution in [2.24, 2.45) is 4.99 Å². The minimum atomic E-state index is 0.115. The monoisotopic (exact) mass is 458 g/mol. The van der Waals surface area contributed by atoms with E-state index < -0.39 is 0 Å². The number of ether oxygens (including phenoxy) is 2. The summed E-state index contributed by atoms with van der Waals surface area (Å²) >= 11 is 0. The van der Waals surface area contributed by atoms with Gasteiger partial charge in [0, 0.05) is 34.3 Å². The average Bonchev–Trinajstić information content (AvgIpc) is 2.90. The number of pyridine rings is 1. The molecule has 1 aliphatic heterocycles. The van der Waals surface area contributed by atoms with E-state index in [4.69, 9.17) is 19.5 Å². The quantitative estimate of drug-likeness (QED) is 0.402. The van der Waals surface area contributed by atoms with Crippen molar-refractivity contribution in [2.75, 3.05) is 7.11 Å². The van der Waals surface area contributed by atoms with Crippen LogP contribution in [-0.4, -0.2) is 23.8 Å². The summed E-state index contributed by atoms with van der Waals surface area (Å²) in [5.74, 6) is 1.14. The summed E-state index contributed by atoms with van der Waals surface area (Å²) in [5, 5.41) is 19.5. The molecule has 1 aromatic heterocycles. The van der Waals surface area contributed by atoms with Crippen molar-refractivity contribution in [3.8, 4) is 23.6 Å².